The average molecular weight is 453 g/mol. The number of aliphatic hydroxyl groups excluding tert-OH is 1. The molecule has 7 heteroatoms. The summed E-state index contributed by atoms with van der Waals surface area (Å²) in [7, 11) is 0. The molecule has 1 aliphatic heterocycles. The lowest BCUT2D eigenvalue weighted by molar-refractivity contribution is -0.140. The molecule has 2 aromatic heterocycles. The largest absolute Gasteiger partial charge is 0.507 e. The molecule has 34 heavy (non-hydrogen) atoms. The molecule has 3 heterocycles. The highest BCUT2D eigenvalue weighted by Crippen LogP contribution is 2.42. The van der Waals surface area contributed by atoms with Gasteiger partial charge in [0.2, 0.25) is 0 Å². The first-order valence-corrected chi connectivity index (χ1v) is 11.1. The molecule has 5 rings (SSSR count). The van der Waals surface area contributed by atoms with Gasteiger partial charge in [0.05, 0.1) is 30.5 Å². The molecule has 170 valence electrons. The topological polar surface area (TPSA) is 95.5 Å². The molecule has 0 aliphatic carbocycles. The quantitative estimate of drug-likeness (QED) is 0.253. The summed E-state index contributed by atoms with van der Waals surface area (Å²) in [6.07, 6.45) is 3.43. The molecule has 2 N–H and O–H groups in total. The zero-order chi connectivity index (χ0) is 23.7. The Labute approximate surface area is 196 Å². The Balaban J connectivity index is 1.69. The van der Waals surface area contributed by atoms with Crippen molar-refractivity contribution in [2.75, 3.05) is 6.61 Å². The van der Waals surface area contributed by atoms with E-state index >= 15 is 0 Å². The van der Waals surface area contributed by atoms with E-state index in [0.29, 0.717) is 23.6 Å². The molecule has 1 amide bonds. The third-order valence-corrected chi connectivity index (χ3v) is 5.93. The van der Waals surface area contributed by atoms with Gasteiger partial charge in [0.1, 0.15) is 11.5 Å². The van der Waals surface area contributed by atoms with Crippen molar-refractivity contribution in [3.63, 3.8) is 0 Å². The number of benzene rings is 2. The third kappa shape index (κ3) is 3.71. The van der Waals surface area contributed by atoms with Crippen molar-refractivity contribution in [3.05, 3.63) is 102 Å². The summed E-state index contributed by atoms with van der Waals surface area (Å²) in [6, 6.07) is 19.2. The number of fused-ring (bicyclic) bond motifs is 1. The van der Waals surface area contributed by atoms with Gasteiger partial charge in [-0.1, -0.05) is 36.4 Å². The number of Topliss-reactive ketones (excluding diaryl/α,β-unsaturated/α-hetero) is 1. The second-order valence-electron chi connectivity index (χ2n) is 8.00. The van der Waals surface area contributed by atoms with Crippen molar-refractivity contribution in [2.24, 2.45) is 0 Å². The number of amides is 1. The number of aliphatic hydroxyl groups is 1. The molecule has 1 atom stereocenters. The van der Waals surface area contributed by atoms with E-state index in [2.05, 4.69) is 9.97 Å². The van der Waals surface area contributed by atoms with E-state index in [1.165, 1.54) is 4.90 Å². The SMILES string of the molecule is CCOc1cccc(/C(O)=C2\C(=O)C(=O)N(Cc3ccccn3)C2c2c[nH]c3ccccc23)c1. The van der Waals surface area contributed by atoms with Crippen LogP contribution in [0.3, 0.4) is 0 Å². The van der Waals surface area contributed by atoms with Gasteiger partial charge in [0.25, 0.3) is 11.7 Å². The zero-order valence-electron chi connectivity index (χ0n) is 18.6. The highest BCUT2D eigenvalue weighted by Gasteiger charge is 2.47. The number of nitrogens with one attached hydrogen (secondary N) is 1. The maximum atomic E-state index is 13.3. The van der Waals surface area contributed by atoms with Gasteiger partial charge in [0, 0.05) is 34.4 Å². The van der Waals surface area contributed by atoms with E-state index in [1.54, 1.807) is 48.8 Å². The number of ketones is 1. The molecule has 4 aromatic rings. The summed E-state index contributed by atoms with van der Waals surface area (Å²) in [5.41, 5.74) is 2.70. The van der Waals surface area contributed by atoms with Gasteiger partial charge >= 0.3 is 0 Å². The molecule has 0 bridgehead atoms. The summed E-state index contributed by atoms with van der Waals surface area (Å²) < 4.78 is 5.55. The Morgan fingerprint density at radius 1 is 1.09 bits per heavy atom. The molecule has 0 saturated carbocycles. The number of ether oxygens (including phenoxy) is 1. The summed E-state index contributed by atoms with van der Waals surface area (Å²) in [6.45, 7) is 2.46. The third-order valence-electron chi connectivity index (χ3n) is 5.93. The number of hydrogen-bond acceptors (Lipinski definition) is 5. The normalized spacial score (nSPS) is 17.4. The number of nitrogens with zero attached hydrogens (tertiary/aromatic N) is 2. The van der Waals surface area contributed by atoms with Crippen LogP contribution in [0.1, 0.15) is 29.8 Å². The van der Waals surface area contributed by atoms with Crippen molar-refractivity contribution >= 4 is 28.4 Å². The number of para-hydroxylation sites is 1. The first-order valence-electron chi connectivity index (χ1n) is 11.1. The minimum Gasteiger partial charge on any atom is -0.507 e. The lowest BCUT2D eigenvalue weighted by Crippen LogP contribution is -2.29. The Hall–Kier alpha value is -4.39. The molecule has 0 spiro atoms. The molecule has 0 radical (unpaired) electrons. The van der Waals surface area contributed by atoms with E-state index in [1.807, 2.05) is 37.3 Å². The van der Waals surface area contributed by atoms with Crippen LogP contribution in [0.5, 0.6) is 5.75 Å². The number of rotatable bonds is 6. The minimum absolute atomic E-state index is 0.0410. The maximum Gasteiger partial charge on any atom is 0.296 e. The number of H-pyrrole nitrogens is 1. The second-order valence-corrected chi connectivity index (χ2v) is 8.00. The summed E-state index contributed by atoms with van der Waals surface area (Å²) in [4.78, 5) is 35.6. The van der Waals surface area contributed by atoms with Gasteiger partial charge < -0.3 is 19.7 Å². The summed E-state index contributed by atoms with van der Waals surface area (Å²) in [5.74, 6) is -1.08. The van der Waals surface area contributed by atoms with Gasteiger partial charge in [-0.15, -0.1) is 0 Å². The van der Waals surface area contributed by atoms with Crippen molar-refractivity contribution in [1.82, 2.24) is 14.9 Å². The van der Waals surface area contributed by atoms with Crippen LogP contribution in [-0.2, 0) is 16.1 Å². The number of hydrogen-bond donors (Lipinski definition) is 2. The Kier molecular flexibility index (Phi) is 5.59. The molecule has 1 aliphatic rings. The number of carbonyl (C=O) groups excluding carboxylic acids is 2. The van der Waals surface area contributed by atoms with Crippen LogP contribution in [0.25, 0.3) is 16.7 Å². The van der Waals surface area contributed by atoms with E-state index in [0.717, 1.165) is 16.5 Å². The van der Waals surface area contributed by atoms with Gasteiger partial charge in [-0.3, -0.25) is 14.6 Å². The lowest BCUT2D eigenvalue weighted by atomic mass is 9.95. The van der Waals surface area contributed by atoms with E-state index in [-0.39, 0.29) is 17.9 Å². The van der Waals surface area contributed by atoms with Crippen molar-refractivity contribution in [1.29, 1.82) is 0 Å². The fraction of sp³-hybridized carbons (Fsp3) is 0.148. The molecular formula is C27H23N3O4. The van der Waals surface area contributed by atoms with E-state index in [9.17, 15) is 14.7 Å². The highest BCUT2D eigenvalue weighted by atomic mass is 16.5. The van der Waals surface area contributed by atoms with E-state index in [4.69, 9.17) is 4.74 Å². The standard InChI is InChI=1S/C27H23N3O4/c1-2-34-19-10-7-8-17(14-19)25(31)23-24(21-15-29-22-12-4-3-11-20(21)22)30(27(33)26(23)32)16-18-9-5-6-13-28-18/h3-15,24,29,31H,2,16H2,1H3/b25-23+. The number of carbonyl (C=O) groups is 2. The van der Waals surface area contributed by atoms with Crippen LogP contribution >= 0.6 is 0 Å². The van der Waals surface area contributed by atoms with Crippen LogP contribution in [0.2, 0.25) is 0 Å². The van der Waals surface area contributed by atoms with Crippen LogP contribution in [0, 0.1) is 0 Å². The maximum absolute atomic E-state index is 13.3. The summed E-state index contributed by atoms with van der Waals surface area (Å²) in [5, 5.41) is 12.2. The molecule has 7 nitrogen and oxygen atoms in total. The first-order chi connectivity index (χ1) is 16.6. The van der Waals surface area contributed by atoms with Gasteiger partial charge in [-0.2, -0.15) is 0 Å². The van der Waals surface area contributed by atoms with Gasteiger partial charge in [0.15, 0.2) is 0 Å². The van der Waals surface area contributed by atoms with Crippen molar-refractivity contribution in [3.8, 4) is 5.75 Å². The van der Waals surface area contributed by atoms with Crippen LogP contribution in [-0.4, -0.2) is 38.3 Å². The number of aromatic nitrogens is 2. The van der Waals surface area contributed by atoms with Crippen LogP contribution in [0.15, 0.2) is 84.7 Å². The first kappa shape index (κ1) is 21.5. The average Bonchev–Trinajstić information content (AvgIpc) is 3.39. The van der Waals surface area contributed by atoms with Crippen LogP contribution < -0.4 is 4.74 Å². The molecule has 1 unspecified atom stereocenters. The predicted molar refractivity (Wildman–Crippen MR) is 128 cm³/mol. The molecule has 1 saturated heterocycles. The fourth-order valence-corrected chi connectivity index (χ4v) is 4.41. The molecule has 1 fully saturated rings. The number of aromatic amines is 1. The molecular weight excluding hydrogens is 430 g/mol. The minimum atomic E-state index is -0.783. The second kappa shape index (κ2) is 8.86. The highest BCUT2D eigenvalue weighted by molar-refractivity contribution is 6.46. The Morgan fingerprint density at radius 3 is 2.71 bits per heavy atom. The van der Waals surface area contributed by atoms with Crippen LogP contribution in [0.4, 0.5) is 0 Å². The van der Waals surface area contributed by atoms with Gasteiger partial charge in [-0.05, 0) is 37.3 Å². The smallest absolute Gasteiger partial charge is 0.296 e. The number of pyridine rings is 1. The van der Waals surface area contributed by atoms with E-state index < -0.39 is 17.7 Å². The molecule has 2 aromatic carbocycles. The lowest BCUT2D eigenvalue weighted by Gasteiger charge is -2.24. The Morgan fingerprint density at radius 2 is 1.91 bits per heavy atom. The fourth-order valence-electron chi connectivity index (χ4n) is 4.41. The van der Waals surface area contributed by atoms with Gasteiger partial charge in [-0.25, -0.2) is 0 Å². The summed E-state index contributed by atoms with van der Waals surface area (Å²) >= 11 is 0. The zero-order valence-corrected chi connectivity index (χ0v) is 18.6. The van der Waals surface area contributed by atoms with Crippen molar-refractivity contribution < 1.29 is 19.4 Å². The monoisotopic (exact) mass is 453 g/mol. The number of likely N-dealkylation sites (tertiary alicyclic amines) is 1. The Bertz CT molecular complexity index is 1410. The van der Waals surface area contributed by atoms with Crippen molar-refractivity contribution in [2.45, 2.75) is 19.5 Å². The predicted octanol–water partition coefficient (Wildman–Crippen LogP) is 4.58.